The summed E-state index contributed by atoms with van der Waals surface area (Å²) in [6.07, 6.45) is 21.8. The SMILES string of the molecule is CCCCS(=O)c1sc2nc(-c3nccn3C)cc(-c3ccccc3)c2c1N.CCCCS(=O)c1sc2nc(-c3nccs3)c(C(=O)OCC)c(-c3ccc(Br)cc3)c2c1N.CCCCS(=O)c1sc2nc(-c3nccs3)cc(-c3nccn3C)c2c1N.CCCCS(=O)c1sc2nc(-c3nccs3)cc(-c3nccs3)c2c1N. The fraction of sp³-hybridized carbons (Fsp3) is 0.253. The van der Waals surface area contributed by atoms with Gasteiger partial charge >= 0.3 is 5.97 Å². The number of carbonyl (C=O) groups is 1. The van der Waals surface area contributed by atoms with E-state index in [4.69, 9.17) is 47.6 Å². The van der Waals surface area contributed by atoms with Crippen LogP contribution in [0.1, 0.15) is 96.3 Å². The molecule has 0 spiro atoms. The lowest BCUT2D eigenvalue weighted by Crippen LogP contribution is -2.10. The van der Waals surface area contributed by atoms with Gasteiger partial charge in [-0.25, -0.2) is 54.6 Å². The minimum absolute atomic E-state index is 0.222. The summed E-state index contributed by atoms with van der Waals surface area (Å²) in [4.78, 5) is 62.0. The monoisotopic (exact) mass is 1810 g/mol. The summed E-state index contributed by atoms with van der Waals surface area (Å²) >= 11 is 15.1. The number of rotatable bonds is 26. The number of halogens is 1. The molecule has 0 bridgehead atoms. The summed E-state index contributed by atoms with van der Waals surface area (Å²) in [6, 6.07) is 23.7. The Morgan fingerprint density at radius 2 is 0.833 bits per heavy atom. The Labute approximate surface area is 709 Å². The topological polar surface area (TPSA) is 337 Å². The number of aryl methyl sites for hydroxylation is 2. The molecule has 0 aliphatic rings. The van der Waals surface area contributed by atoms with Crippen molar-refractivity contribution < 1.29 is 26.4 Å². The lowest BCUT2D eigenvalue weighted by molar-refractivity contribution is 0.0528. The van der Waals surface area contributed by atoms with Gasteiger partial charge in [-0.1, -0.05) is 112 Å². The van der Waals surface area contributed by atoms with E-state index in [1.54, 1.807) is 66.8 Å². The Hall–Kier alpha value is -8.43. The second-order valence-corrected chi connectivity index (χ2v) is 41.1. The van der Waals surface area contributed by atoms with Crippen molar-refractivity contribution in [2.75, 3.05) is 52.6 Å². The molecule has 0 saturated heterocycles. The van der Waals surface area contributed by atoms with Gasteiger partial charge in [0.15, 0.2) is 5.82 Å². The van der Waals surface area contributed by atoms with Crippen molar-refractivity contribution >= 4 is 219 Å². The second-order valence-electron chi connectivity index (χ2n) is 25.6. The lowest BCUT2D eigenvalue weighted by Gasteiger charge is -2.15. The zero-order valence-electron chi connectivity index (χ0n) is 63.0. The molecule has 4 unspecified atom stereocenters. The maximum Gasteiger partial charge on any atom is 0.341 e. The van der Waals surface area contributed by atoms with Gasteiger partial charge in [-0.3, -0.25) is 16.8 Å². The van der Waals surface area contributed by atoms with Gasteiger partial charge in [-0.15, -0.1) is 90.7 Å². The van der Waals surface area contributed by atoms with E-state index in [9.17, 15) is 21.6 Å². The Balaban J connectivity index is 0.000000133. The van der Waals surface area contributed by atoms with Crippen LogP contribution in [0.15, 0.2) is 165 Å². The van der Waals surface area contributed by atoms with Gasteiger partial charge in [-0.05, 0) is 79.6 Å². The molecule has 0 fully saturated rings. The Bertz CT molecular complexity index is 6120. The number of thiazole rings is 4. The number of carbonyl (C=O) groups excluding carboxylic acids is 1. The average Bonchev–Trinajstić information content (AvgIpc) is 1.57. The van der Waals surface area contributed by atoms with Gasteiger partial charge in [0.2, 0.25) is 0 Å². The number of nitrogens with two attached hydrogens (primary N) is 4. The van der Waals surface area contributed by atoms with Crippen LogP contribution in [0.3, 0.4) is 0 Å². The fourth-order valence-electron chi connectivity index (χ4n) is 12.2. The number of imidazole rings is 2. The van der Waals surface area contributed by atoms with E-state index in [0.29, 0.717) is 86.2 Å². The quantitative estimate of drug-likeness (QED) is 0.0366. The van der Waals surface area contributed by atoms with Crippen LogP contribution in [-0.2, 0) is 62.0 Å². The van der Waals surface area contributed by atoms with Crippen LogP contribution in [0.25, 0.3) is 129 Å². The first-order valence-electron chi connectivity index (χ1n) is 36.4. The minimum Gasteiger partial charge on any atom is -0.462 e. The van der Waals surface area contributed by atoms with Crippen LogP contribution < -0.4 is 22.9 Å². The first-order valence-corrected chi connectivity index (χ1v) is 49.2. The third kappa shape index (κ3) is 18.2. The number of unbranched alkanes of at least 4 members (excludes halogenated alkanes) is 4. The van der Waals surface area contributed by atoms with Gasteiger partial charge in [-0.2, -0.15) is 0 Å². The standard InChI is InChI=1S/C23H22BrN3O3S3.C21H22N4OS2.C18H19N5OS3.C17H16N4OS4/c1-3-5-12-33(29)23-18(25)16-15(13-6-8-14(24)9-7-13)17(22(28)30-4-2)19(27-20(16)32-23)21-26-10-11-31-21;1-3-4-12-28(26)21-18(22)17-15(14-8-6-5-7-9-14)13-16(24-20(17)27-21)19-23-10-11-25(19)2;1-3-4-9-27(24)18-14(19)13-11(15-20-5-7-23(15)2)10-12(22-17(13)26-18)16-21-6-8-25-16;1-2-3-8-26(22)17-13(18)12-10(14-19-4-6-23-14)9-11(21-16(12)25-17)15-20-5-7-24-15/h6-11H,3-5,12,25H2,1-2H3;5-11,13H,3-4,12,22H2,1-2H3;5-8,10H,3-4,9,19H2,1-2H3;4-7,9H,2-3,8,18H2,1H3. The number of hydrogen-bond donors (Lipinski definition) is 4. The first-order chi connectivity index (χ1) is 55.3. The highest BCUT2D eigenvalue weighted by Gasteiger charge is 2.31. The average molecular weight is 1810 g/mol. The molecule has 0 amide bonds. The van der Waals surface area contributed by atoms with Gasteiger partial charge in [0.1, 0.15) is 84.8 Å². The molecule has 114 heavy (non-hydrogen) atoms. The number of hydrogen-bond acceptors (Lipinski definition) is 28. The minimum atomic E-state index is -1.24. The summed E-state index contributed by atoms with van der Waals surface area (Å²) in [5, 5.41) is 14.0. The third-order valence-electron chi connectivity index (χ3n) is 17.8. The number of thiophene rings is 4. The number of esters is 1. The number of benzene rings is 2. The van der Waals surface area contributed by atoms with Crippen molar-refractivity contribution in [1.82, 2.24) is 59.0 Å². The number of ether oxygens (including phenoxy) is 1. The number of aromatic nitrogens is 12. The van der Waals surface area contributed by atoms with Gasteiger partial charge in [0.25, 0.3) is 0 Å². The molecule has 0 aliphatic heterocycles. The number of anilines is 4. The molecule has 14 heterocycles. The predicted octanol–water partition coefficient (Wildman–Crippen LogP) is 20.7. The molecule has 2 aromatic carbocycles. The smallest absolute Gasteiger partial charge is 0.341 e. The molecule has 14 aromatic heterocycles. The van der Waals surface area contributed by atoms with Crippen LogP contribution in [-0.4, -0.2) is 111 Å². The molecule has 16 aromatic rings. The largest absolute Gasteiger partial charge is 0.462 e. The van der Waals surface area contributed by atoms with Crippen molar-refractivity contribution in [1.29, 1.82) is 0 Å². The molecular weight excluding hydrogens is 1730 g/mol. The number of nitrogens with zero attached hydrogens (tertiary/aromatic N) is 12. The van der Waals surface area contributed by atoms with Crippen molar-refractivity contribution in [2.45, 2.75) is 103 Å². The maximum absolute atomic E-state index is 13.3. The molecule has 4 atom stereocenters. The first kappa shape index (κ1) is 83.5. The summed E-state index contributed by atoms with van der Waals surface area (Å²) < 4.78 is 64.3. The molecular formula is C79H79BrN16O6S12. The zero-order chi connectivity index (χ0) is 80.3. The summed E-state index contributed by atoms with van der Waals surface area (Å²) in [5.74, 6) is 3.50. The summed E-state index contributed by atoms with van der Waals surface area (Å²) in [7, 11) is -0.677. The van der Waals surface area contributed by atoms with E-state index >= 15 is 0 Å². The van der Waals surface area contributed by atoms with E-state index in [1.165, 1.54) is 68.0 Å². The third-order valence-corrected chi connectivity index (χ3v) is 33.5. The zero-order valence-corrected chi connectivity index (χ0v) is 74.3. The van der Waals surface area contributed by atoms with Crippen LogP contribution in [0, 0.1) is 0 Å². The predicted molar refractivity (Wildman–Crippen MR) is 484 cm³/mol. The van der Waals surface area contributed by atoms with Crippen LogP contribution in [0.2, 0.25) is 0 Å². The van der Waals surface area contributed by atoms with E-state index in [1.807, 2.05) is 118 Å². The van der Waals surface area contributed by atoms with Crippen molar-refractivity contribution in [3.63, 3.8) is 0 Å². The van der Waals surface area contributed by atoms with Crippen molar-refractivity contribution in [3.05, 3.63) is 154 Å². The highest BCUT2D eigenvalue weighted by atomic mass is 79.9. The van der Waals surface area contributed by atoms with E-state index in [2.05, 4.69) is 85.7 Å². The summed E-state index contributed by atoms with van der Waals surface area (Å²) in [5.41, 5.74) is 36.5. The van der Waals surface area contributed by atoms with Gasteiger partial charge in [0.05, 0.1) is 78.1 Å². The molecule has 0 aliphatic carbocycles. The molecule has 22 nitrogen and oxygen atoms in total. The Morgan fingerprint density at radius 3 is 1.26 bits per heavy atom. The van der Waals surface area contributed by atoms with E-state index in [-0.39, 0.29) is 6.61 Å². The van der Waals surface area contributed by atoms with Gasteiger partial charge in [0, 0.05) is 151 Å². The van der Waals surface area contributed by atoms with E-state index in [0.717, 1.165) is 166 Å². The van der Waals surface area contributed by atoms with Crippen molar-refractivity contribution in [2.24, 2.45) is 14.1 Å². The Kier molecular flexibility index (Phi) is 28.2. The molecule has 0 radical (unpaired) electrons. The van der Waals surface area contributed by atoms with Crippen molar-refractivity contribution in [3.8, 4) is 87.8 Å². The number of fused-ring (bicyclic) bond motifs is 4. The molecule has 590 valence electrons. The summed E-state index contributed by atoms with van der Waals surface area (Å²) in [6.45, 7) is 10.3. The van der Waals surface area contributed by atoms with Gasteiger partial charge < -0.3 is 36.8 Å². The van der Waals surface area contributed by atoms with Crippen LogP contribution in [0.5, 0.6) is 0 Å². The molecule has 16 rings (SSSR count). The van der Waals surface area contributed by atoms with Crippen LogP contribution in [0.4, 0.5) is 22.7 Å². The second kappa shape index (κ2) is 38.6. The molecule has 0 saturated carbocycles. The van der Waals surface area contributed by atoms with E-state index < -0.39 is 49.2 Å². The number of pyridine rings is 4. The highest BCUT2D eigenvalue weighted by Crippen LogP contribution is 2.49. The lowest BCUT2D eigenvalue weighted by atomic mass is 9.95. The van der Waals surface area contributed by atoms with Crippen LogP contribution >= 0.6 is 107 Å². The number of nitrogen functional groups attached to an aromatic ring is 4. The fourth-order valence-corrected chi connectivity index (χ4v) is 26.1. The Morgan fingerprint density at radius 1 is 0.439 bits per heavy atom. The molecule has 8 N–H and O–H groups in total. The normalized spacial score (nSPS) is 12.5. The maximum atomic E-state index is 13.3. The highest BCUT2D eigenvalue weighted by molar-refractivity contribution is 9.10. The molecule has 35 heteroatoms.